The van der Waals surface area contributed by atoms with E-state index in [1.165, 1.54) is 13.2 Å². The molecule has 1 aliphatic rings. The predicted molar refractivity (Wildman–Crippen MR) is 61.4 cm³/mol. The average molecular weight is 235 g/mol. The van der Waals surface area contributed by atoms with E-state index in [9.17, 15) is 4.79 Å². The zero-order chi connectivity index (χ0) is 12.3. The SMILES string of the molecule is CON(C)C(=O)/C=C/c1cccc2c1OCO2. The van der Waals surface area contributed by atoms with Crippen LogP contribution in [0.15, 0.2) is 24.3 Å². The third-order valence-corrected chi connectivity index (χ3v) is 2.42. The minimum absolute atomic E-state index is 0.214. The van der Waals surface area contributed by atoms with Gasteiger partial charge in [0, 0.05) is 18.7 Å². The molecule has 17 heavy (non-hydrogen) atoms. The van der Waals surface area contributed by atoms with Crippen LogP contribution in [0.4, 0.5) is 0 Å². The van der Waals surface area contributed by atoms with E-state index < -0.39 is 0 Å². The highest BCUT2D eigenvalue weighted by atomic mass is 16.7. The lowest BCUT2D eigenvalue weighted by molar-refractivity contribution is -0.162. The van der Waals surface area contributed by atoms with Crippen molar-refractivity contribution in [2.24, 2.45) is 0 Å². The number of hydrogen-bond donors (Lipinski definition) is 0. The van der Waals surface area contributed by atoms with Crippen molar-refractivity contribution in [2.45, 2.75) is 0 Å². The van der Waals surface area contributed by atoms with Crippen molar-refractivity contribution >= 4 is 12.0 Å². The number of likely N-dealkylation sites (N-methyl/N-ethyl adjacent to an activating group) is 1. The number of benzene rings is 1. The summed E-state index contributed by atoms with van der Waals surface area (Å²) in [4.78, 5) is 16.3. The molecule has 5 nitrogen and oxygen atoms in total. The number of carbonyl (C=O) groups is 1. The molecule has 0 N–H and O–H groups in total. The number of hydroxylamine groups is 2. The van der Waals surface area contributed by atoms with Gasteiger partial charge in [-0.3, -0.25) is 9.63 Å². The van der Waals surface area contributed by atoms with Gasteiger partial charge in [0.1, 0.15) is 0 Å². The van der Waals surface area contributed by atoms with Crippen LogP contribution in [-0.4, -0.2) is 31.9 Å². The molecule has 1 heterocycles. The Bertz CT molecular complexity index is 456. The van der Waals surface area contributed by atoms with Crippen LogP contribution in [-0.2, 0) is 9.63 Å². The van der Waals surface area contributed by atoms with Gasteiger partial charge in [0.05, 0.1) is 7.11 Å². The molecule has 0 bridgehead atoms. The summed E-state index contributed by atoms with van der Waals surface area (Å²) in [6.45, 7) is 0.214. The van der Waals surface area contributed by atoms with Crippen molar-refractivity contribution in [1.82, 2.24) is 5.06 Å². The maximum Gasteiger partial charge on any atom is 0.269 e. The summed E-state index contributed by atoms with van der Waals surface area (Å²) in [6, 6.07) is 5.52. The van der Waals surface area contributed by atoms with Crippen LogP contribution < -0.4 is 9.47 Å². The molecule has 1 aromatic rings. The third kappa shape index (κ3) is 2.39. The molecule has 5 heteroatoms. The van der Waals surface area contributed by atoms with Gasteiger partial charge in [-0.1, -0.05) is 12.1 Å². The summed E-state index contributed by atoms with van der Waals surface area (Å²) >= 11 is 0. The lowest BCUT2D eigenvalue weighted by Gasteiger charge is -2.10. The molecule has 2 rings (SSSR count). The van der Waals surface area contributed by atoms with Gasteiger partial charge < -0.3 is 9.47 Å². The summed E-state index contributed by atoms with van der Waals surface area (Å²) in [7, 11) is 2.98. The molecule has 0 radical (unpaired) electrons. The zero-order valence-corrected chi connectivity index (χ0v) is 9.67. The number of amides is 1. The summed E-state index contributed by atoms with van der Waals surface area (Å²) in [5.41, 5.74) is 0.804. The Morgan fingerprint density at radius 1 is 1.47 bits per heavy atom. The number of carbonyl (C=O) groups excluding carboxylic acids is 1. The van der Waals surface area contributed by atoms with Crippen LogP contribution in [0.2, 0.25) is 0 Å². The normalized spacial score (nSPS) is 13.1. The van der Waals surface area contributed by atoms with Crippen LogP contribution >= 0.6 is 0 Å². The first-order valence-corrected chi connectivity index (χ1v) is 5.11. The van der Waals surface area contributed by atoms with Gasteiger partial charge in [-0.2, -0.15) is 0 Å². The number of fused-ring (bicyclic) bond motifs is 1. The second-order valence-corrected chi connectivity index (χ2v) is 3.43. The Hall–Kier alpha value is -2.01. The minimum atomic E-state index is -0.246. The molecule has 0 fully saturated rings. The van der Waals surface area contributed by atoms with Crippen molar-refractivity contribution in [2.75, 3.05) is 21.0 Å². The summed E-state index contributed by atoms with van der Waals surface area (Å²) in [5.74, 6) is 1.11. The fraction of sp³-hybridized carbons (Fsp3) is 0.250. The van der Waals surface area contributed by atoms with E-state index in [2.05, 4.69) is 0 Å². The average Bonchev–Trinajstić information content (AvgIpc) is 2.83. The van der Waals surface area contributed by atoms with E-state index in [0.717, 1.165) is 10.6 Å². The standard InChI is InChI=1S/C12H13NO4/c1-13(15-2)11(14)7-6-9-4-3-5-10-12(9)17-8-16-10/h3-7H,8H2,1-2H3/b7-6+. The molecule has 0 saturated carbocycles. The van der Waals surface area contributed by atoms with Crippen molar-refractivity contribution in [3.8, 4) is 11.5 Å². The fourth-order valence-electron chi connectivity index (χ4n) is 1.44. The molecular weight excluding hydrogens is 222 g/mol. The highest BCUT2D eigenvalue weighted by molar-refractivity contribution is 5.91. The summed E-state index contributed by atoms with van der Waals surface area (Å²) in [6.07, 6.45) is 3.09. The van der Waals surface area contributed by atoms with E-state index in [-0.39, 0.29) is 12.7 Å². The third-order valence-electron chi connectivity index (χ3n) is 2.42. The van der Waals surface area contributed by atoms with Crippen LogP contribution in [0, 0.1) is 0 Å². The number of hydrogen-bond acceptors (Lipinski definition) is 4. The molecule has 1 aromatic carbocycles. The van der Waals surface area contributed by atoms with E-state index in [1.807, 2.05) is 18.2 Å². The molecule has 0 spiro atoms. The van der Waals surface area contributed by atoms with E-state index >= 15 is 0 Å². The Morgan fingerprint density at radius 2 is 2.29 bits per heavy atom. The van der Waals surface area contributed by atoms with Crippen molar-refractivity contribution < 1.29 is 19.1 Å². The van der Waals surface area contributed by atoms with Gasteiger partial charge in [0.25, 0.3) is 5.91 Å². The highest BCUT2D eigenvalue weighted by Crippen LogP contribution is 2.35. The first-order chi connectivity index (χ1) is 8.22. The van der Waals surface area contributed by atoms with Crippen LogP contribution in [0.3, 0.4) is 0 Å². The molecule has 0 atom stereocenters. The predicted octanol–water partition coefficient (Wildman–Crippen LogP) is 1.45. The molecule has 90 valence electrons. The van der Waals surface area contributed by atoms with Gasteiger partial charge >= 0.3 is 0 Å². The maximum atomic E-state index is 11.5. The minimum Gasteiger partial charge on any atom is -0.454 e. The van der Waals surface area contributed by atoms with Crippen LogP contribution in [0.25, 0.3) is 6.08 Å². The van der Waals surface area contributed by atoms with E-state index in [0.29, 0.717) is 11.5 Å². The molecule has 0 saturated heterocycles. The van der Waals surface area contributed by atoms with Gasteiger partial charge in [0.15, 0.2) is 11.5 Å². The molecule has 1 aliphatic heterocycles. The zero-order valence-electron chi connectivity index (χ0n) is 9.67. The number of ether oxygens (including phenoxy) is 2. The van der Waals surface area contributed by atoms with Crippen molar-refractivity contribution in [3.63, 3.8) is 0 Å². The summed E-state index contributed by atoms with van der Waals surface area (Å²) in [5, 5.41) is 1.14. The number of rotatable bonds is 3. The van der Waals surface area contributed by atoms with Gasteiger partial charge in [-0.15, -0.1) is 0 Å². The first kappa shape index (κ1) is 11.5. The molecule has 0 aromatic heterocycles. The Balaban J connectivity index is 2.17. The lowest BCUT2D eigenvalue weighted by Crippen LogP contribution is -2.22. The van der Waals surface area contributed by atoms with Crippen molar-refractivity contribution in [1.29, 1.82) is 0 Å². The molecule has 0 aliphatic carbocycles. The molecule has 0 unspecified atom stereocenters. The topological polar surface area (TPSA) is 48.0 Å². The number of nitrogens with zero attached hydrogens (tertiary/aromatic N) is 1. The molecular formula is C12H13NO4. The Kier molecular flexibility index (Phi) is 3.30. The van der Waals surface area contributed by atoms with Gasteiger partial charge in [-0.25, -0.2) is 5.06 Å². The maximum absolute atomic E-state index is 11.5. The fourth-order valence-corrected chi connectivity index (χ4v) is 1.44. The van der Waals surface area contributed by atoms with Gasteiger partial charge in [0.2, 0.25) is 6.79 Å². The van der Waals surface area contributed by atoms with Crippen LogP contribution in [0.1, 0.15) is 5.56 Å². The Morgan fingerprint density at radius 3 is 3.06 bits per heavy atom. The van der Waals surface area contributed by atoms with E-state index in [4.69, 9.17) is 14.3 Å². The molecule has 1 amide bonds. The largest absolute Gasteiger partial charge is 0.454 e. The Labute approximate surface area is 99.1 Å². The first-order valence-electron chi connectivity index (χ1n) is 5.11. The van der Waals surface area contributed by atoms with Crippen LogP contribution in [0.5, 0.6) is 11.5 Å². The van der Waals surface area contributed by atoms with Crippen molar-refractivity contribution in [3.05, 3.63) is 29.8 Å². The quantitative estimate of drug-likeness (QED) is 0.587. The van der Waals surface area contributed by atoms with E-state index in [1.54, 1.807) is 13.1 Å². The summed E-state index contributed by atoms with van der Waals surface area (Å²) < 4.78 is 10.6. The monoisotopic (exact) mass is 235 g/mol. The number of para-hydroxylation sites is 1. The second-order valence-electron chi connectivity index (χ2n) is 3.43. The second kappa shape index (κ2) is 4.88. The van der Waals surface area contributed by atoms with Gasteiger partial charge in [-0.05, 0) is 12.1 Å². The smallest absolute Gasteiger partial charge is 0.269 e. The lowest BCUT2D eigenvalue weighted by atomic mass is 10.1. The highest BCUT2D eigenvalue weighted by Gasteiger charge is 2.15.